The monoisotopic (exact) mass is 452 g/mol. The number of sulfonamides is 1. The minimum absolute atomic E-state index is 0.0618. The number of nitrogens with one attached hydrogen (secondary N) is 1. The van der Waals surface area contributed by atoms with Crippen LogP contribution >= 0.6 is 11.8 Å². The number of carbonyl (C=O) groups is 2. The number of rotatable bonds is 7. The average Bonchev–Trinajstić information content (AvgIpc) is 2.74. The van der Waals surface area contributed by atoms with Crippen LogP contribution in [0.5, 0.6) is 11.5 Å². The molecular formula is C19H20N2O7S2. The zero-order chi connectivity index (χ0) is 21.9. The summed E-state index contributed by atoms with van der Waals surface area (Å²) in [6.45, 7) is -0.299. The van der Waals surface area contributed by atoms with Gasteiger partial charge in [-0.05, 0) is 18.2 Å². The Balaban J connectivity index is 1.96. The fourth-order valence-corrected chi connectivity index (χ4v) is 4.77. The molecule has 2 aromatic rings. The van der Waals surface area contributed by atoms with Crippen molar-refractivity contribution < 1.29 is 32.2 Å². The highest BCUT2D eigenvalue weighted by Crippen LogP contribution is 2.37. The van der Waals surface area contributed by atoms with E-state index in [9.17, 15) is 18.0 Å². The highest BCUT2D eigenvalue weighted by Gasteiger charge is 2.29. The number of nitrogens with zero attached hydrogens (tertiary/aromatic N) is 1. The van der Waals surface area contributed by atoms with E-state index in [1.807, 2.05) is 0 Å². The van der Waals surface area contributed by atoms with E-state index in [4.69, 9.17) is 9.47 Å². The molecule has 0 bridgehead atoms. The van der Waals surface area contributed by atoms with Crippen molar-refractivity contribution in [3.05, 3.63) is 36.4 Å². The number of ether oxygens (including phenoxy) is 3. The second-order valence-electron chi connectivity index (χ2n) is 6.18. The molecule has 1 heterocycles. The van der Waals surface area contributed by atoms with Crippen LogP contribution < -0.4 is 19.1 Å². The Labute approximate surface area is 178 Å². The van der Waals surface area contributed by atoms with E-state index in [1.54, 1.807) is 12.1 Å². The van der Waals surface area contributed by atoms with E-state index in [1.165, 1.54) is 62.3 Å². The first-order chi connectivity index (χ1) is 14.3. The zero-order valence-electron chi connectivity index (χ0n) is 16.5. The van der Waals surface area contributed by atoms with E-state index < -0.39 is 16.0 Å². The van der Waals surface area contributed by atoms with Crippen LogP contribution in [0.1, 0.15) is 0 Å². The van der Waals surface area contributed by atoms with Crippen molar-refractivity contribution in [1.29, 1.82) is 0 Å². The minimum Gasteiger partial charge on any atom is -0.497 e. The molecule has 1 aliphatic heterocycles. The van der Waals surface area contributed by atoms with Crippen LogP contribution in [0.2, 0.25) is 0 Å². The molecule has 11 heteroatoms. The lowest BCUT2D eigenvalue weighted by Gasteiger charge is -2.28. The third-order valence-electron chi connectivity index (χ3n) is 4.30. The fraction of sp³-hybridized carbons (Fsp3) is 0.263. The second kappa shape index (κ2) is 8.84. The van der Waals surface area contributed by atoms with Gasteiger partial charge in [0.25, 0.3) is 10.0 Å². The van der Waals surface area contributed by atoms with Crippen LogP contribution in [0.3, 0.4) is 0 Å². The number of methoxy groups -OCH3 is 3. The maximum Gasteiger partial charge on any atom is 0.325 e. The summed E-state index contributed by atoms with van der Waals surface area (Å²) in [5.41, 5.74) is 0.591. The topological polar surface area (TPSA) is 111 Å². The Morgan fingerprint density at radius 3 is 2.37 bits per heavy atom. The molecule has 1 aliphatic rings. The molecule has 0 aliphatic carbocycles. The molecule has 9 nitrogen and oxygen atoms in total. The van der Waals surface area contributed by atoms with Gasteiger partial charge >= 0.3 is 5.97 Å². The van der Waals surface area contributed by atoms with Crippen LogP contribution in [0.15, 0.2) is 46.2 Å². The number of amides is 1. The SMILES string of the molecule is COC(=O)CN1C(=O)CSc2ccc(S(=O)(=O)Nc3cc(OC)cc(OC)c3)cc21. The van der Waals surface area contributed by atoms with Crippen molar-refractivity contribution in [2.45, 2.75) is 9.79 Å². The fourth-order valence-electron chi connectivity index (χ4n) is 2.80. The van der Waals surface area contributed by atoms with Gasteiger partial charge in [0.05, 0.1) is 43.4 Å². The summed E-state index contributed by atoms with van der Waals surface area (Å²) in [6.07, 6.45) is 0. The molecular weight excluding hydrogens is 432 g/mol. The zero-order valence-corrected chi connectivity index (χ0v) is 18.1. The highest BCUT2D eigenvalue weighted by atomic mass is 32.2. The van der Waals surface area contributed by atoms with Crippen LogP contribution in [-0.4, -0.2) is 53.9 Å². The van der Waals surface area contributed by atoms with Crippen molar-refractivity contribution in [3.63, 3.8) is 0 Å². The maximum atomic E-state index is 13.0. The molecule has 0 aromatic heterocycles. The lowest BCUT2D eigenvalue weighted by molar-refractivity contribution is -0.139. The van der Waals surface area contributed by atoms with Crippen LogP contribution in [-0.2, 0) is 24.3 Å². The highest BCUT2D eigenvalue weighted by molar-refractivity contribution is 8.00. The molecule has 0 saturated heterocycles. The number of benzene rings is 2. The molecule has 2 aromatic carbocycles. The van der Waals surface area contributed by atoms with Crippen LogP contribution in [0.4, 0.5) is 11.4 Å². The molecule has 1 N–H and O–H groups in total. The number of hydrogen-bond donors (Lipinski definition) is 1. The van der Waals surface area contributed by atoms with Gasteiger partial charge in [0.2, 0.25) is 5.91 Å². The number of anilines is 2. The maximum absolute atomic E-state index is 13.0. The van der Waals surface area contributed by atoms with Gasteiger partial charge in [-0.15, -0.1) is 11.8 Å². The van der Waals surface area contributed by atoms with E-state index >= 15 is 0 Å². The Hall–Kier alpha value is -2.92. The molecule has 3 rings (SSSR count). The Bertz CT molecular complexity index is 1060. The van der Waals surface area contributed by atoms with Crippen molar-refractivity contribution in [3.8, 4) is 11.5 Å². The Morgan fingerprint density at radius 2 is 1.77 bits per heavy atom. The second-order valence-corrected chi connectivity index (χ2v) is 8.88. The smallest absolute Gasteiger partial charge is 0.325 e. The third-order valence-corrected chi connectivity index (χ3v) is 6.73. The predicted molar refractivity (Wildman–Crippen MR) is 112 cm³/mol. The summed E-state index contributed by atoms with van der Waals surface area (Å²) >= 11 is 1.28. The number of esters is 1. The lowest BCUT2D eigenvalue weighted by atomic mass is 10.2. The van der Waals surface area contributed by atoms with E-state index in [-0.39, 0.29) is 28.8 Å². The Kier molecular flexibility index (Phi) is 6.42. The number of thioether (sulfide) groups is 1. The van der Waals surface area contributed by atoms with Gasteiger partial charge in [0.15, 0.2) is 0 Å². The molecule has 0 saturated carbocycles. The number of hydrogen-bond acceptors (Lipinski definition) is 8. The van der Waals surface area contributed by atoms with E-state index in [0.717, 1.165) is 0 Å². The number of fused-ring (bicyclic) bond motifs is 1. The summed E-state index contributed by atoms with van der Waals surface area (Å²) in [7, 11) is 0.144. The van der Waals surface area contributed by atoms with Gasteiger partial charge in [-0.25, -0.2) is 8.42 Å². The molecule has 0 fully saturated rings. The Morgan fingerprint density at radius 1 is 1.10 bits per heavy atom. The molecule has 0 radical (unpaired) electrons. The summed E-state index contributed by atoms with van der Waals surface area (Å²) in [6, 6.07) is 9.06. The van der Waals surface area contributed by atoms with Gasteiger partial charge in [-0.3, -0.25) is 19.2 Å². The number of carbonyl (C=O) groups excluding carboxylic acids is 2. The first-order valence-electron chi connectivity index (χ1n) is 8.67. The lowest BCUT2D eigenvalue weighted by Crippen LogP contribution is -2.39. The molecule has 1 amide bonds. The van der Waals surface area contributed by atoms with Gasteiger partial charge in [0, 0.05) is 23.1 Å². The molecule has 0 atom stereocenters. The average molecular weight is 453 g/mol. The standard InChI is InChI=1S/C19H20N2O7S2/c1-26-13-6-12(7-14(8-13)27-2)20-30(24,25)15-4-5-17-16(9-15)21(10-19(23)28-3)18(22)11-29-17/h4-9,20H,10-11H2,1-3H3. The molecule has 0 unspecified atom stereocenters. The van der Waals surface area contributed by atoms with Crippen LogP contribution in [0, 0.1) is 0 Å². The van der Waals surface area contributed by atoms with E-state index in [2.05, 4.69) is 9.46 Å². The summed E-state index contributed by atoms with van der Waals surface area (Å²) in [5.74, 6) is 0.0827. The summed E-state index contributed by atoms with van der Waals surface area (Å²) < 4.78 is 43.4. The van der Waals surface area contributed by atoms with Crippen molar-refractivity contribution in [2.75, 3.05) is 43.2 Å². The van der Waals surface area contributed by atoms with Gasteiger partial charge in [-0.2, -0.15) is 0 Å². The third kappa shape index (κ3) is 4.62. The minimum atomic E-state index is -4.00. The molecule has 30 heavy (non-hydrogen) atoms. The largest absolute Gasteiger partial charge is 0.497 e. The van der Waals surface area contributed by atoms with Crippen LogP contribution in [0.25, 0.3) is 0 Å². The summed E-state index contributed by atoms with van der Waals surface area (Å²) in [5, 5.41) is 0. The van der Waals surface area contributed by atoms with Crippen molar-refractivity contribution in [1.82, 2.24) is 0 Å². The quantitative estimate of drug-likeness (QED) is 0.636. The first kappa shape index (κ1) is 21.8. The molecule has 160 valence electrons. The van der Waals surface area contributed by atoms with Gasteiger partial charge in [0.1, 0.15) is 18.0 Å². The molecule has 0 spiro atoms. The van der Waals surface area contributed by atoms with Crippen molar-refractivity contribution in [2.24, 2.45) is 0 Å². The van der Waals surface area contributed by atoms with Gasteiger partial charge in [-0.1, -0.05) is 0 Å². The van der Waals surface area contributed by atoms with Gasteiger partial charge < -0.3 is 14.2 Å². The first-order valence-corrected chi connectivity index (χ1v) is 11.1. The summed E-state index contributed by atoms with van der Waals surface area (Å²) in [4.78, 5) is 25.9. The van der Waals surface area contributed by atoms with E-state index in [0.29, 0.717) is 22.1 Å². The van der Waals surface area contributed by atoms with Crippen molar-refractivity contribution >= 4 is 45.0 Å². The predicted octanol–water partition coefficient (Wildman–Crippen LogP) is 2.12. The normalized spacial score (nSPS) is 13.4.